The van der Waals surface area contributed by atoms with Crippen molar-refractivity contribution in [2.24, 2.45) is 0 Å². The molecule has 1 amide bonds. The van der Waals surface area contributed by atoms with E-state index in [0.29, 0.717) is 6.54 Å². The molecule has 24 heavy (non-hydrogen) atoms. The standard InChI is InChI=1S/C14H24N4O3S2.ClH/c1-12(17-23(20,21)13-4-2-11-22-13)14(19)16-5-3-8-18-9-6-15-7-10-18;/h2,4,11-12,15,17H,3,5-10H2,1H3,(H,16,19);1H. The largest absolute Gasteiger partial charge is 0.355 e. The van der Waals surface area contributed by atoms with Gasteiger partial charge in [-0.25, -0.2) is 8.42 Å². The van der Waals surface area contributed by atoms with Crippen LogP contribution in [0.25, 0.3) is 0 Å². The monoisotopic (exact) mass is 396 g/mol. The molecule has 10 heteroatoms. The van der Waals surface area contributed by atoms with Crippen LogP contribution < -0.4 is 15.4 Å². The van der Waals surface area contributed by atoms with Gasteiger partial charge in [-0.3, -0.25) is 4.79 Å². The highest BCUT2D eigenvalue weighted by Gasteiger charge is 2.22. The summed E-state index contributed by atoms with van der Waals surface area (Å²) in [7, 11) is -3.62. The number of carbonyl (C=O) groups excluding carboxylic acids is 1. The van der Waals surface area contributed by atoms with Crippen molar-refractivity contribution in [3.8, 4) is 0 Å². The lowest BCUT2D eigenvalue weighted by molar-refractivity contribution is -0.122. The second-order valence-corrected chi connectivity index (χ2v) is 8.40. The van der Waals surface area contributed by atoms with Crippen LogP contribution in [0.5, 0.6) is 0 Å². The Morgan fingerprint density at radius 2 is 2.12 bits per heavy atom. The summed E-state index contributed by atoms with van der Waals surface area (Å²) in [5, 5.41) is 7.77. The van der Waals surface area contributed by atoms with E-state index in [1.165, 1.54) is 6.07 Å². The van der Waals surface area contributed by atoms with Gasteiger partial charge >= 0.3 is 0 Å². The second-order valence-electron chi connectivity index (χ2n) is 5.51. The van der Waals surface area contributed by atoms with Gasteiger partial charge < -0.3 is 15.5 Å². The van der Waals surface area contributed by atoms with Crippen molar-refractivity contribution < 1.29 is 13.2 Å². The summed E-state index contributed by atoms with van der Waals surface area (Å²) in [5.41, 5.74) is 0. The smallest absolute Gasteiger partial charge is 0.250 e. The number of thiophene rings is 1. The highest BCUT2D eigenvalue weighted by Crippen LogP contribution is 2.15. The summed E-state index contributed by atoms with van der Waals surface area (Å²) in [6.07, 6.45) is 0.857. The normalized spacial score (nSPS) is 17.0. The van der Waals surface area contributed by atoms with Gasteiger partial charge in [-0.2, -0.15) is 4.72 Å². The number of hydrogen-bond acceptors (Lipinski definition) is 6. The Balaban J connectivity index is 0.00000288. The highest BCUT2D eigenvalue weighted by molar-refractivity contribution is 7.91. The van der Waals surface area contributed by atoms with E-state index in [1.54, 1.807) is 18.4 Å². The number of nitrogens with zero attached hydrogens (tertiary/aromatic N) is 1. The molecule has 1 atom stereocenters. The van der Waals surface area contributed by atoms with Gasteiger partial charge in [-0.1, -0.05) is 6.07 Å². The first kappa shape index (κ1) is 21.3. The summed E-state index contributed by atoms with van der Waals surface area (Å²) >= 11 is 1.13. The topological polar surface area (TPSA) is 90.5 Å². The minimum absolute atomic E-state index is 0. The summed E-state index contributed by atoms with van der Waals surface area (Å²) in [5.74, 6) is -0.301. The molecule has 7 nitrogen and oxygen atoms in total. The molecule has 138 valence electrons. The zero-order valence-electron chi connectivity index (χ0n) is 13.7. The van der Waals surface area contributed by atoms with Crippen LogP contribution in [0.4, 0.5) is 0 Å². The lowest BCUT2D eigenvalue weighted by atomic mass is 10.3. The maximum atomic E-state index is 12.1. The molecule has 1 aromatic heterocycles. The minimum atomic E-state index is -3.62. The number of rotatable bonds is 8. The van der Waals surface area contributed by atoms with Crippen LogP contribution in [-0.2, 0) is 14.8 Å². The molecule has 3 N–H and O–H groups in total. The van der Waals surface area contributed by atoms with Crippen LogP contribution in [0, 0.1) is 0 Å². The zero-order chi connectivity index (χ0) is 16.7. The number of sulfonamides is 1. The number of amides is 1. The van der Waals surface area contributed by atoms with Crippen LogP contribution in [0.2, 0.25) is 0 Å². The Hall–Kier alpha value is -0.710. The second kappa shape index (κ2) is 10.3. The van der Waals surface area contributed by atoms with Gasteiger partial charge in [0.25, 0.3) is 10.0 Å². The Bertz CT molecular complexity index is 589. The zero-order valence-corrected chi connectivity index (χ0v) is 16.1. The molecule has 0 aromatic carbocycles. The highest BCUT2D eigenvalue weighted by atomic mass is 35.5. The molecule has 0 spiro atoms. The molecule has 1 saturated heterocycles. The first-order valence-electron chi connectivity index (χ1n) is 7.75. The van der Waals surface area contributed by atoms with Crippen molar-refractivity contribution in [2.75, 3.05) is 39.3 Å². The summed E-state index contributed by atoms with van der Waals surface area (Å²) in [6.45, 7) is 7.12. The Morgan fingerprint density at radius 3 is 2.75 bits per heavy atom. The van der Waals surface area contributed by atoms with E-state index < -0.39 is 16.1 Å². The van der Waals surface area contributed by atoms with E-state index in [0.717, 1.165) is 50.5 Å². The lowest BCUT2D eigenvalue weighted by Gasteiger charge is -2.27. The molecule has 0 bridgehead atoms. The molecule has 0 aliphatic carbocycles. The molecular formula is C14H25ClN4O3S2. The predicted molar refractivity (Wildman–Crippen MR) is 98.3 cm³/mol. The van der Waals surface area contributed by atoms with Crippen molar-refractivity contribution >= 4 is 39.7 Å². The summed E-state index contributed by atoms with van der Waals surface area (Å²) < 4.78 is 26.7. The lowest BCUT2D eigenvalue weighted by Crippen LogP contribution is -2.46. The van der Waals surface area contributed by atoms with Gasteiger partial charge in [0, 0.05) is 32.7 Å². The van der Waals surface area contributed by atoms with Crippen molar-refractivity contribution in [1.29, 1.82) is 0 Å². The SMILES string of the molecule is CC(NS(=O)(=O)c1cccs1)C(=O)NCCCN1CCNCC1.Cl. The molecule has 1 aliphatic rings. The predicted octanol–water partition coefficient (Wildman–Crippen LogP) is 0.248. The van der Waals surface area contributed by atoms with Gasteiger partial charge in [-0.05, 0) is 31.3 Å². The third-order valence-corrected chi connectivity index (χ3v) is 6.58. The van der Waals surface area contributed by atoms with E-state index in [9.17, 15) is 13.2 Å². The molecule has 1 unspecified atom stereocenters. The first-order valence-corrected chi connectivity index (χ1v) is 10.1. The van der Waals surface area contributed by atoms with Gasteiger partial charge in [0.05, 0.1) is 6.04 Å². The average molecular weight is 397 g/mol. The number of piperazine rings is 1. The molecule has 2 rings (SSSR count). The van der Waals surface area contributed by atoms with Gasteiger partial charge in [0.1, 0.15) is 4.21 Å². The molecule has 2 heterocycles. The number of carbonyl (C=O) groups is 1. The Kier molecular flexibility index (Phi) is 9.17. The third kappa shape index (κ3) is 6.66. The average Bonchev–Trinajstić information content (AvgIpc) is 3.07. The van der Waals surface area contributed by atoms with Crippen LogP contribution in [0.3, 0.4) is 0 Å². The van der Waals surface area contributed by atoms with Crippen molar-refractivity contribution in [2.45, 2.75) is 23.6 Å². The van der Waals surface area contributed by atoms with Crippen molar-refractivity contribution in [3.63, 3.8) is 0 Å². The van der Waals surface area contributed by atoms with Crippen LogP contribution in [0.1, 0.15) is 13.3 Å². The van der Waals surface area contributed by atoms with Crippen molar-refractivity contribution in [3.05, 3.63) is 17.5 Å². The van der Waals surface area contributed by atoms with E-state index in [2.05, 4.69) is 20.3 Å². The van der Waals surface area contributed by atoms with Crippen LogP contribution in [0.15, 0.2) is 21.7 Å². The first-order chi connectivity index (χ1) is 11.0. The number of nitrogens with one attached hydrogen (secondary N) is 3. The van der Waals surface area contributed by atoms with E-state index in [4.69, 9.17) is 0 Å². The van der Waals surface area contributed by atoms with Crippen LogP contribution >= 0.6 is 23.7 Å². The molecule has 0 saturated carbocycles. The van der Waals surface area contributed by atoms with E-state index in [-0.39, 0.29) is 22.5 Å². The van der Waals surface area contributed by atoms with Crippen molar-refractivity contribution in [1.82, 2.24) is 20.3 Å². The molecule has 0 radical (unpaired) electrons. The third-order valence-electron chi connectivity index (χ3n) is 3.65. The fraction of sp³-hybridized carbons (Fsp3) is 0.643. The number of halogens is 1. The quantitative estimate of drug-likeness (QED) is 0.548. The Labute approximate surface area is 153 Å². The van der Waals surface area contributed by atoms with E-state index >= 15 is 0 Å². The summed E-state index contributed by atoms with van der Waals surface area (Å²) in [6, 6.07) is 2.40. The summed E-state index contributed by atoms with van der Waals surface area (Å²) in [4.78, 5) is 14.3. The fourth-order valence-corrected chi connectivity index (χ4v) is 4.58. The van der Waals surface area contributed by atoms with E-state index in [1.807, 2.05) is 0 Å². The van der Waals surface area contributed by atoms with Gasteiger partial charge in [0.2, 0.25) is 5.91 Å². The molecule has 1 fully saturated rings. The van der Waals surface area contributed by atoms with Gasteiger partial charge in [-0.15, -0.1) is 23.7 Å². The number of hydrogen-bond donors (Lipinski definition) is 3. The molecule has 1 aliphatic heterocycles. The molecule has 1 aromatic rings. The van der Waals surface area contributed by atoms with Gasteiger partial charge in [0.15, 0.2) is 0 Å². The van der Waals surface area contributed by atoms with Crippen LogP contribution in [-0.4, -0.2) is 64.5 Å². The Morgan fingerprint density at radius 1 is 1.42 bits per heavy atom. The molecular weight excluding hydrogens is 372 g/mol. The minimum Gasteiger partial charge on any atom is -0.355 e. The fourth-order valence-electron chi connectivity index (χ4n) is 2.36. The maximum Gasteiger partial charge on any atom is 0.250 e. The maximum absolute atomic E-state index is 12.1.